The third-order valence-electron chi connectivity index (χ3n) is 2.81. The van der Waals surface area contributed by atoms with E-state index >= 15 is 0 Å². The van der Waals surface area contributed by atoms with E-state index < -0.39 is 0 Å². The van der Waals surface area contributed by atoms with Crippen molar-refractivity contribution in [1.29, 1.82) is 0 Å². The van der Waals surface area contributed by atoms with Gasteiger partial charge in [0, 0.05) is 13.2 Å². The number of rotatable bonds is 3. The fourth-order valence-corrected chi connectivity index (χ4v) is 1.70. The van der Waals surface area contributed by atoms with Crippen LogP contribution >= 0.6 is 0 Å². The fourth-order valence-electron chi connectivity index (χ4n) is 1.70. The molecule has 1 aliphatic heterocycles. The topological polar surface area (TPSA) is 21.3 Å². The van der Waals surface area contributed by atoms with Crippen LogP contribution in [0, 0.1) is 5.92 Å². The van der Waals surface area contributed by atoms with E-state index in [-0.39, 0.29) is 0 Å². The molecular weight excluding hydrogens is 138 g/mol. The largest absolute Gasteiger partial charge is 0.377 e. The summed E-state index contributed by atoms with van der Waals surface area (Å²) in [6.07, 6.45) is 5.97. The maximum absolute atomic E-state index is 5.74. The fraction of sp³-hybridized carbons (Fsp3) is 1.00. The summed E-state index contributed by atoms with van der Waals surface area (Å²) in [6, 6.07) is 0. The van der Waals surface area contributed by atoms with Crippen molar-refractivity contribution < 1.29 is 4.74 Å². The van der Waals surface area contributed by atoms with Crippen molar-refractivity contribution in [3.63, 3.8) is 0 Å². The van der Waals surface area contributed by atoms with Crippen LogP contribution in [0.1, 0.15) is 25.7 Å². The zero-order valence-electron chi connectivity index (χ0n) is 7.01. The molecule has 2 nitrogen and oxygen atoms in total. The summed E-state index contributed by atoms with van der Waals surface area (Å²) in [5.74, 6) is 0.899. The number of hydrogen-bond donors (Lipinski definition) is 1. The summed E-state index contributed by atoms with van der Waals surface area (Å²) >= 11 is 0. The van der Waals surface area contributed by atoms with E-state index in [4.69, 9.17) is 4.74 Å². The number of nitrogens with one attached hydrogen (secondary N) is 1. The van der Waals surface area contributed by atoms with Gasteiger partial charge in [-0.2, -0.15) is 0 Å². The maximum atomic E-state index is 5.74. The molecule has 2 heteroatoms. The lowest BCUT2D eigenvalue weighted by molar-refractivity contribution is 0.0212. The monoisotopic (exact) mass is 155 g/mol. The Bertz CT molecular complexity index is 117. The Balaban J connectivity index is 1.57. The zero-order valence-corrected chi connectivity index (χ0v) is 7.01. The molecule has 1 saturated carbocycles. The zero-order chi connectivity index (χ0) is 7.52. The van der Waals surface area contributed by atoms with E-state index in [9.17, 15) is 0 Å². The van der Waals surface area contributed by atoms with Crippen molar-refractivity contribution in [2.75, 3.05) is 19.7 Å². The van der Waals surface area contributed by atoms with Crippen LogP contribution in [0.25, 0.3) is 0 Å². The highest BCUT2D eigenvalue weighted by atomic mass is 16.5. The minimum Gasteiger partial charge on any atom is -0.377 e. The Kier molecular flexibility index (Phi) is 2.44. The molecule has 2 fully saturated rings. The molecule has 0 unspecified atom stereocenters. The van der Waals surface area contributed by atoms with Crippen molar-refractivity contribution in [2.24, 2.45) is 5.92 Å². The summed E-state index contributed by atoms with van der Waals surface area (Å²) in [4.78, 5) is 0. The summed E-state index contributed by atoms with van der Waals surface area (Å²) in [7, 11) is 0. The summed E-state index contributed by atoms with van der Waals surface area (Å²) in [6.45, 7) is 3.24. The van der Waals surface area contributed by atoms with Crippen LogP contribution in [0.2, 0.25) is 0 Å². The highest BCUT2D eigenvalue weighted by molar-refractivity contribution is 4.74. The highest BCUT2D eigenvalue weighted by Gasteiger charge is 2.21. The third kappa shape index (κ3) is 1.94. The minimum atomic E-state index is 0.524. The molecule has 1 atom stereocenters. The van der Waals surface area contributed by atoms with E-state index in [0.29, 0.717) is 6.10 Å². The Morgan fingerprint density at radius 3 is 2.73 bits per heavy atom. The summed E-state index contributed by atoms with van der Waals surface area (Å²) < 4.78 is 5.74. The second-order valence-electron chi connectivity index (χ2n) is 3.75. The van der Waals surface area contributed by atoms with E-state index in [2.05, 4.69) is 5.32 Å². The van der Waals surface area contributed by atoms with Gasteiger partial charge in [-0.25, -0.2) is 0 Å². The van der Waals surface area contributed by atoms with Crippen LogP contribution in [0.15, 0.2) is 0 Å². The lowest BCUT2D eigenvalue weighted by atomic mass is 9.86. The quantitative estimate of drug-likeness (QED) is 0.660. The summed E-state index contributed by atoms with van der Waals surface area (Å²) in [5, 5.41) is 3.31. The van der Waals surface area contributed by atoms with E-state index in [1.54, 1.807) is 0 Å². The molecule has 0 amide bonds. The van der Waals surface area contributed by atoms with Crippen LogP contribution in [-0.2, 0) is 4.74 Å². The lowest BCUT2D eigenvalue weighted by Crippen LogP contribution is -2.24. The molecule has 0 radical (unpaired) electrons. The van der Waals surface area contributed by atoms with Gasteiger partial charge in [-0.05, 0) is 31.7 Å². The maximum Gasteiger partial charge on any atom is 0.0711 e. The van der Waals surface area contributed by atoms with Crippen LogP contribution < -0.4 is 5.32 Å². The second-order valence-corrected chi connectivity index (χ2v) is 3.75. The predicted molar refractivity (Wildman–Crippen MR) is 44.6 cm³/mol. The van der Waals surface area contributed by atoms with Gasteiger partial charge in [0.25, 0.3) is 0 Å². The van der Waals surface area contributed by atoms with Crippen LogP contribution in [-0.4, -0.2) is 25.8 Å². The Hall–Kier alpha value is -0.0800. The molecule has 1 aliphatic carbocycles. The first-order valence-electron chi connectivity index (χ1n) is 4.77. The molecular formula is C9H17NO. The van der Waals surface area contributed by atoms with E-state index in [1.807, 2.05) is 0 Å². The van der Waals surface area contributed by atoms with Gasteiger partial charge in [-0.3, -0.25) is 0 Å². The van der Waals surface area contributed by atoms with Crippen molar-refractivity contribution in [1.82, 2.24) is 5.32 Å². The average Bonchev–Trinajstić information content (AvgIpc) is 2.36. The Morgan fingerprint density at radius 2 is 2.18 bits per heavy atom. The van der Waals surface area contributed by atoms with E-state index in [0.717, 1.165) is 25.6 Å². The van der Waals surface area contributed by atoms with Gasteiger partial charge >= 0.3 is 0 Å². The molecule has 1 saturated heterocycles. The van der Waals surface area contributed by atoms with Gasteiger partial charge < -0.3 is 10.1 Å². The predicted octanol–water partition coefficient (Wildman–Crippen LogP) is 1.17. The van der Waals surface area contributed by atoms with Crippen LogP contribution in [0.4, 0.5) is 0 Å². The SMILES string of the molecule is C1CC(CO[C@@H]2CCNC2)C1. The second kappa shape index (κ2) is 3.55. The lowest BCUT2D eigenvalue weighted by Gasteiger charge is -2.26. The molecule has 2 aliphatic rings. The normalized spacial score (nSPS) is 32.2. The standard InChI is InChI=1S/C9H17NO/c1-2-8(3-1)7-11-9-4-5-10-6-9/h8-10H,1-7H2/t9-/m1/s1. The molecule has 0 aromatic rings. The molecule has 1 N–H and O–H groups in total. The molecule has 0 aromatic carbocycles. The first-order valence-corrected chi connectivity index (χ1v) is 4.77. The molecule has 0 spiro atoms. The molecule has 0 aromatic heterocycles. The van der Waals surface area contributed by atoms with Crippen LogP contribution in [0.5, 0.6) is 0 Å². The Labute approximate surface area is 68.3 Å². The molecule has 11 heavy (non-hydrogen) atoms. The average molecular weight is 155 g/mol. The first-order chi connectivity index (χ1) is 5.45. The molecule has 0 bridgehead atoms. The van der Waals surface area contributed by atoms with Crippen molar-refractivity contribution in [2.45, 2.75) is 31.8 Å². The highest BCUT2D eigenvalue weighted by Crippen LogP contribution is 2.26. The van der Waals surface area contributed by atoms with Gasteiger partial charge in [0.1, 0.15) is 0 Å². The molecule has 1 heterocycles. The van der Waals surface area contributed by atoms with Gasteiger partial charge in [0.15, 0.2) is 0 Å². The minimum absolute atomic E-state index is 0.524. The van der Waals surface area contributed by atoms with Gasteiger partial charge in [0.2, 0.25) is 0 Å². The van der Waals surface area contributed by atoms with Crippen molar-refractivity contribution in [3.8, 4) is 0 Å². The summed E-state index contributed by atoms with van der Waals surface area (Å²) in [5.41, 5.74) is 0. The number of ether oxygens (including phenoxy) is 1. The van der Waals surface area contributed by atoms with Crippen molar-refractivity contribution in [3.05, 3.63) is 0 Å². The van der Waals surface area contributed by atoms with Gasteiger partial charge in [0.05, 0.1) is 6.10 Å². The first kappa shape index (κ1) is 7.56. The smallest absolute Gasteiger partial charge is 0.0711 e. The molecule has 2 rings (SSSR count). The molecule has 64 valence electrons. The number of hydrogen-bond acceptors (Lipinski definition) is 2. The Morgan fingerprint density at radius 1 is 1.27 bits per heavy atom. The van der Waals surface area contributed by atoms with Crippen molar-refractivity contribution >= 4 is 0 Å². The third-order valence-corrected chi connectivity index (χ3v) is 2.81. The van der Waals surface area contributed by atoms with Gasteiger partial charge in [-0.1, -0.05) is 6.42 Å². The van der Waals surface area contributed by atoms with Gasteiger partial charge in [-0.15, -0.1) is 0 Å². The van der Waals surface area contributed by atoms with E-state index in [1.165, 1.54) is 25.7 Å². The van der Waals surface area contributed by atoms with Crippen LogP contribution in [0.3, 0.4) is 0 Å².